The molecule has 2 heterocycles. The minimum Gasteiger partial charge on any atom is -0.356 e. The zero-order valence-electron chi connectivity index (χ0n) is 15.0. The van der Waals surface area contributed by atoms with Gasteiger partial charge in [-0.25, -0.2) is 18.7 Å². The van der Waals surface area contributed by atoms with Crippen LogP contribution in [0.3, 0.4) is 0 Å². The molecule has 1 saturated carbocycles. The first-order chi connectivity index (χ1) is 12.6. The molecule has 1 aromatic heterocycles. The summed E-state index contributed by atoms with van der Waals surface area (Å²) in [6.07, 6.45) is 6.28. The average Bonchev–Trinajstić information content (AvgIpc) is 3.46. The molecular weight excluding hydrogens is 334 g/mol. The molecule has 4 rings (SSSR count). The van der Waals surface area contributed by atoms with Crippen molar-refractivity contribution in [3.63, 3.8) is 0 Å². The molecule has 0 atom stereocenters. The van der Waals surface area contributed by atoms with E-state index >= 15 is 0 Å². The smallest absolute Gasteiger partial charge is 0.133 e. The van der Waals surface area contributed by atoms with Crippen molar-refractivity contribution in [3.05, 3.63) is 53.5 Å². The summed E-state index contributed by atoms with van der Waals surface area (Å²) in [5.74, 6) is 1.50. The zero-order chi connectivity index (χ0) is 18.1. The maximum absolute atomic E-state index is 13.4. The number of halogens is 2. The van der Waals surface area contributed by atoms with E-state index < -0.39 is 11.6 Å². The van der Waals surface area contributed by atoms with Crippen molar-refractivity contribution in [2.24, 2.45) is 0 Å². The minimum absolute atomic E-state index is 0.428. The van der Waals surface area contributed by atoms with Crippen LogP contribution < -0.4 is 4.90 Å². The molecule has 0 radical (unpaired) electrons. The van der Waals surface area contributed by atoms with E-state index in [0.717, 1.165) is 43.6 Å². The predicted molar refractivity (Wildman–Crippen MR) is 97.1 cm³/mol. The Balaban J connectivity index is 1.34. The molecular formula is C20H24F2N4. The third kappa shape index (κ3) is 4.01. The van der Waals surface area contributed by atoms with Crippen molar-refractivity contribution in [3.8, 4) is 0 Å². The van der Waals surface area contributed by atoms with Crippen LogP contribution in [0.2, 0.25) is 0 Å². The first-order valence-corrected chi connectivity index (χ1v) is 9.31. The van der Waals surface area contributed by atoms with Crippen LogP contribution in [0.4, 0.5) is 14.6 Å². The Kier molecular flexibility index (Phi) is 4.85. The van der Waals surface area contributed by atoms with Gasteiger partial charge in [0.2, 0.25) is 0 Å². The number of rotatable bonds is 5. The largest absolute Gasteiger partial charge is 0.356 e. The molecule has 2 fully saturated rings. The van der Waals surface area contributed by atoms with E-state index in [9.17, 15) is 8.78 Å². The van der Waals surface area contributed by atoms with Crippen molar-refractivity contribution < 1.29 is 8.78 Å². The second-order valence-electron chi connectivity index (χ2n) is 7.44. The Morgan fingerprint density at radius 2 is 1.77 bits per heavy atom. The summed E-state index contributed by atoms with van der Waals surface area (Å²) in [7, 11) is 2.10. The summed E-state index contributed by atoms with van der Waals surface area (Å²) < 4.78 is 26.7. The molecule has 2 aromatic rings. The molecule has 138 valence electrons. The maximum atomic E-state index is 13.4. The van der Waals surface area contributed by atoms with E-state index in [4.69, 9.17) is 4.98 Å². The van der Waals surface area contributed by atoms with Gasteiger partial charge < -0.3 is 4.90 Å². The van der Waals surface area contributed by atoms with Crippen LogP contribution in [0.25, 0.3) is 0 Å². The fourth-order valence-electron chi connectivity index (χ4n) is 3.71. The lowest BCUT2D eigenvalue weighted by atomic mass is 10.0. The second kappa shape index (κ2) is 7.27. The van der Waals surface area contributed by atoms with Crippen molar-refractivity contribution in [2.75, 3.05) is 25.0 Å². The number of anilines is 1. The molecule has 1 aliphatic heterocycles. The highest BCUT2D eigenvalue weighted by atomic mass is 19.1. The van der Waals surface area contributed by atoms with Gasteiger partial charge in [0.05, 0.1) is 0 Å². The molecule has 4 nitrogen and oxygen atoms in total. The summed E-state index contributed by atoms with van der Waals surface area (Å²) in [4.78, 5) is 13.6. The van der Waals surface area contributed by atoms with Gasteiger partial charge in [0.15, 0.2) is 0 Å². The van der Waals surface area contributed by atoms with Gasteiger partial charge in [-0.3, -0.25) is 4.90 Å². The van der Waals surface area contributed by atoms with Crippen molar-refractivity contribution in [1.29, 1.82) is 0 Å². The van der Waals surface area contributed by atoms with E-state index in [0.29, 0.717) is 24.1 Å². The first kappa shape index (κ1) is 17.3. The van der Waals surface area contributed by atoms with Crippen LogP contribution >= 0.6 is 0 Å². The Labute approximate surface area is 152 Å². The van der Waals surface area contributed by atoms with Gasteiger partial charge in [-0.05, 0) is 49.4 Å². The fraction of sp³-hybridized carbons (Fsp3) is 0.500. The molecule has 2 aliphatic rings. The first-order valence-electron chi connectivity index (χ1n) is 9.31. The van der Waals surface area contributed by atoms with Gasteiger partial charge >= 0.3 is 0 Å². The summed E-state index contributed by atoms with van der Waals surface area (Å²) in [6.45, 7) is 2.41. The number of likely N-dealkylation sites (tertiary alicyclic amines) is 1. The lowest BCUT2D eigenvalue weighted by Gasteiger charge is -2.37. The molecule has 0 bridgehead atoms. The number of hydrogen-bond donors (Lipinski definition) is 0. The van der Waals surface area contributed by atoms with Crippen LogP contribution in [0, 0.1) is 11.6 Å². The highest BCUT2D eigenvalue weighted by Crippen LogP contribution is 2.38. The lowest BCUT2D eigenvalue weighted by molar-refractivity contribution is 0.202. The van der Waals surface area contributed by atoms with Crippen molar-refractivity contribution in [2.45, 2.75) is 44.2 Å². The van der Waals surface area contributed by atoms with Crippen molar-refractivity contribution in [1.82, 2.24) is 14.9 Å². The van der Waals surface area contributed by atoms with Crippen LogP contribution in [0.5, 0.6) is 0 Å². The minimum atomic E-state index is -0.509. The maximum Gasteiger partial charge on any atom is 0.133 e. The predicted octanol–water partition coefficient (Wildman–Crippen LogP) is 3.73. The van der Waals surface area contributed by atoms with E-state index in [1.54, 1.807) is 0 Å². The van der Waals surface area contributed by atoms with E-state index in [2.05, 4.69) is 21.8 Å². The van der Waals surface area contributed by atoms with Gasteiger partial charge in [-0.15, -0.1) is 0 Å². The third-order valence-electron chi connectivity index (χ3n) is 5.40. The van der Waals surface area contributed by atoms with E-state index in [1.807, 2.05) is 12.3 Å². The lowest BCUT2D eigenvalue weighted by Crippen LogP contribution is -2.43. The molecule has 1 saturated heterocycles. The van der Waals surface area contributed by atoms with Gasteiger partial charge in [-0.1, -0.05) is 0 Å². The summed E-state index contributed by atoms with van der Waals surface area (Å²) >= 11 is 0. The van der Waals surface area contributed by atoms with Gasteiger partial charge in [0.25, 0.3) is 0 Å². The molecule has 0 N–H and O–H groups in total. The Morgan fingerprint density at radius 3 is 2.42 bits per heavy atom. The molecule has 6 heteroatoms. The second-order valence-corrected chi connectivity index (χ2v) is 7.44. The summed E-state index contributed by atoms with van der Waals surface area (Å²) in [5, 5.41) is 0. The molecule has 1 aromatic carbocycles. The van der Waals surface area contributed by atoms with Crippen LogP contribution in [0.15, 0.2) is 30.5 Å². The number of aromatic nitrogens is 2. The number of piperidine rings is 1. The van der Waals surface area contributed by atoms with Gasteiger partial charge in [-0.2, -0.15) is 0 Å². The Bertz CT molecular complexity index is 750. The van der Waals surface area contributed by atoms with E-state index in [-0.39, 0.29) is 0 Å². The number of nitrogens with zero attached hydrogens (tertiary/aromatic N) is 4. The average molecular weight is 358 g/mol. The van der Waals surface area contributed by atoms with Crippen molar-refractivity contribution >= 4 is 5.82 Å². The molecule has 26 heavy (non-hydrogen) atoms. The van der Waals surface area contributed by atoms with Gasteiger partial charge in [0, 0.05) is 50.9 Å². The highest BCUT2D eigenvalue weighted by Gasteiger charge is 2.28. The van der Waals surface area contributed by atoms with Crippen LogP contribution in [-0.2, 0) is 6.54 Å². The van der Waals surface area contributed by atoms with Crippen LogP contribution in [-0.4, -0.2) is 41.0 Å². The zero-order valence-corrected chi connectivity index (χ0v) is 15.0. The topological polar surface area (TPSA) is 32.3 Å². The monoisotopic (exact) mass is 358 g/mol. The number of benzene rings is 1. The molecule has 0 unspecified atom stereocenters. The molecule has 0 spiro atoms. The highest BCUT2D eigenvalue weighted by molar-refractivity contribution is 5.38. The van der Waals surface area contributed by atoms with E-state index in [1.165, 1.54) is 25.0 Å². The quantitative estimate of drug-likeness (QED) is 0.815. The molecule has 0 amide bonds. The molecule has 1 aliphatic carbocycles. The number of hydrogen-bond acceptors (Lipinski definition) is 4. The summed E-state index contributed by atoms with van der Waals surface area (Å²) in [6, 6.07) is 6.16. The third-order valence-corrected chi connectivity index (χ3v) is 5.40. The van der Waals surface area contributed by atoms with Gasteiger partial charge in [0.1, 0.15) is 23.3 Å². The Hall–Kier alpha value is -2.08. The normalized spacial score (nSPS) is 18.9. The standard InChI is InChI=1S/C20H24F2N4/c1-25(19-4-7-23-20(24-19)15-2-3-15)18-5-8-26(9-6-18)13-14-10-16(21)12-17(22)11-14/h4,7,10-12,15,18H,2-3,5-6,8-9,13H2,1H3. The fourth-order valence-corrected chi connectivity index (χ4v) is 3.71. The summed E-state index contributed by atoms with van der Waals surface area (Å²) in [5.41, 5.74) is 0.694. The Morgan fingerprint density at radius 1 is 1.08 bits per heavy atom. The SMILES string of the molecule is CN(c1ccnc(C2CC2)n1)C1CCN(Cc2cc(F)cc(F)c2)CC1. The van der Waals surface area contributed by atoms with Crippen LogP contribution in [0.1, 0.15) is 43.0 Å².